The van der Waals surface area contributed by atoms with Crippen molar-refractivity contribution < 1.29 is 0 Å². The summed E-state index contributed by atoms with van der Waals surface area (Å²) in [7, 11) is 0. The molecule has 170 valence electrons. The Balaban J connectivity index is 1.76. The van der Waals surface area contributed by atoms with Gasteiger partial charge in [0.2, 0.25) is 0 Å². The lowest BCUT2D eigenvalue weighted by Gasteiger charge is -2.34. The zero-order valence-electron chi connectivity index (χ0n) is 18.8. The van der Waals surface area contributed by atoms with E-state index >= 15 is 0 Å². The van der Waals surface area contributed by atoms with Crippen LogP contribution in [-0.4, -0.2) is 18.5 Å². The standard InChI is InChI=1S/C25H35N7/c26-24(27)30-18-10-12-19(13-11-18)32(16-17-6-2-1-3-7-17)23-15-14-22(31-25(28)29)20-8-4-5-9-21(20)23/h10-15,17H,1-9,16H2,(H4,26,27,30)(H4,28,29,31). The van der Waals surface area contributed by atoms with Crippen molar-refractivity contribution in [3.05, 3.63) is 47.5 Å². The summed E-state index contributed by atoms with van der Waals surface area (Å²) in [5, 5.41) is 0. The van der Waals surface area contributed by atoms with Gasteiger partial charge >= 0.3 is 0 Å². The van der Waals surface area contributed by atoms with Crippen LogP contribution >= 0.6 is 0 Å². The van der Waals surface area contributed by atoms with Gasteiger partial charge in [-0.3, -0.25) is 0 Å². The molecule has 1 saturated carbocycles. The maximum atomic E-state index is 5.71. The average Bonchev–Trinajstić information content (AvgIpc) is 2.79. The van der Waals surface area contributed by atoms with E-state index in [1.807, 2.05) is 12.1 Å². The Morgan fingerprint density at radius 1 is 0.750 bits per heavy atom. The number of anilines is 2. The van der Waals surface area contributed by atoms with Crippen molar-refractivity contribution in [2.45, 2.75) is 57.8 Å². The van der Waals surface area contributed by atoms with Crippen LogP contribution in [0.15, 0.2) is 46.4 Å². The number of hydrogen-bond acceptors (Lipinski definition) is 3. The summed E-state index contributed by atoms with van der Waals surface area (Å²) in [6.45, 7) is 1.01. The quantitative estimate of drug-likeness (QED) is 0.402. The van der Waals surface area contributed by atoms with Crippen LogP contribution in [0.3, 0.4) is 0 Å². The van der Waals surface area contributed by atoms with Crippen molar-refractivity contribution in [3.63, 3.8) is 0 Å². The van der Waals surface area contributed by atoms with Gasteiger partial charge in [0, 0.05) is 17.9 Å². The van der Waals surface area contributed by atoms with Crippen LogP contribution in [0, 0.1) is 5.92 Å². The normalized spacial score (nSPS) is 16.1. The van der Waals surface area contributed by atoms with Gasteiger partial charge < -0.3 is 27.8 Å². The van der Waals surface area contributed by atoms with Crippen LogP contribution in [-0.2, 0) is 12.8 Å². The van der Waals surface area contributed by atoms with Gasteiger partial charge in [-0.1, -0.05) is 19.3 Å². The molecule has 0 saturated heterocycles. The Kier molecular flexibility index (Phi) is 6.83. The molecule has 8 N–H and O–H groups in total. The van der Waals surface area contributed by atoms with Gasteiger partial charge in [0.05, 0.1) is 11.4 Å². The van der Waals surface area contributed by atoms with Crippen molar-refractivity contribution in [3.8, 4) is 0 Å². The second-order valence-corrected chi connectivity index (χ2v) is 8.97. The molecular weight excluding hydrogens is 398 g/mol. The highest BCUT2D eigenvalue weighted by molar-refractivity contribution is 5.82. The molecule has 0 aliphatic heterocycles. The van der Waals surface area contributed by atoms with Gasteiger partial charge in [0.15, 0.2) is 11.9 Å². The van der Waals surface area contributed by atoms with Crippen LogP contribution in [0.25, 0.3) is 0 Å². The molecule has 7 nitrogen and oxygen atoms in total. The number of aliphatic imine (C=N–C) groups is 2. The first-order valence-corrected chi connectivity index (χ1v) is 11.7. The Morgan fingerprint density at radius 2 is 1.41 bits per heavy atom. The highest BCUT2D eigenvalue weighted by Crippen LogP contribution is 2.40. The van der Waals surface area contributed by atoms with Crippen molar-refractivity contribution >= 4 is 34.7 Å². The molecule has 2 aliphatic carbocycles. The number of benzene rings is 2. The molecule has 0 amide bonds. The molecule has 2 aromatic rings. The molecule has 0 atom stereocenters. The monoisotopic (exact) mass is 433 g/mol. The number of nitrogens with zero attached hydrogens (tertiary/aromatic N) is 3. The smallest absolute Gasteiger partial charge is 0.191 e. The number of rotatable bonds is 6. The van der Waals surface area contributed by atoms with E-state index in [0.717, 1.165) is 36.4 Å². The highest BCUT2D eigenvalue weighted by Gasteiger charge is 2.24. The first-order chi connectivity index (χ1) is 15.5. The second kappa shape index (κ2) is 9.94. The molecule has 0 bridgehead atoms. The molecule has 0 radical (unpaired) electrons. The number of nitrogens with two attached hydrogens (primary N) is 4. The minimum Gasteiger partial charge on any atom is -0.370 e. The average molecular weight is 434 g/mol. The molecule has 32 heavy (non-hydrogen) atoms. The number of fused-ring (bicyclic) bond motifs is 1. The summed E-state index contributed by atoms with van der Waals surface area (Å²) in [5.74, 6) is 0.874. The van der Waals surface area contributed by atoms with E-state index in [-0.39, 0.29) is 11.9 Å². The summed E-state index contributed by atoms with van der Waals surface area (Å²) >= 11 is 0. The maximum Gasteiger partial charge on any atom is 0.191 e. The first-order valence-electron chi connectivity index (χ1n) is 11.7. The Hall–Kier alpha value is -3.22. The summed E-state index contributed by atoms with van der Waals surface area (Å²) in [4.78, 5) is 11.1. The van der Waals surface area contributed by atoms with Gasteiger partial charge in [-0.2, -0.15) is 0 Å². The van der Waals surface area contributed by atoms with E-state index in [4.69, 9.17) is 22.9 Å². The lowest BCUT2D eigenvalue weighted by molar-refractivity contribution is 0.364. The lowest BCUT2D eigenvalue weighted by Crippen LogP contribution is -2.28. The van der Waals surface area contributed by atoms with Gasteiger partial charge in [-0.25, -0.2) is 9.98 Å². The molecule has 0 unspecified atom stereocenters. The number of hydrogen-bond donors (Lipinski definition) is 4. The number of guanidine groups is 2. The second-order valence-electron chi connectivity index (χ2n) is 8.97. The third-order valence-electron chi connectivity index (χ3n) is 6.61. The van der Waals surface area contributed by atoms with Crippen LogP contribution < -0.4 is 27.8 Å². The molecular formula is C25H35N7. The van der Waals surface area contributed by atoms with Gasteiger partial charge in [-0.15, -0.1) is 0 Å². The topological polar surface area (TPSA) is 132 Å². The van der Waals surface area contributed by atoms with E-state index in [1.54, 1.807) is 0 Å². The van der Waals surface area contributed by atoms with Crippen LogP contribution in [0.5, 0.6) is 0 Å². The summed E-state index contributed by atoms with van der Waals surface area (Å²) in [6.07, 6.45) is 11.0. The summed E-state index contributed by atoms with van der Waals surface area (Å²) in [6, 6.07) is 12.4. The van der Waals surface area contributed by atoms with Crippen molar-refractivity contribution in [1.82, 2.24) is 0 Å². The largest absolute Gasteiger partial charge is 0.370 e. The predicted molar refractivity (Wildman–Crippen MR) is 134 cm³/mol. The fourth-order valence-corrected chi connectivity index (χ4v) is 5.15. The molecule has 0 heterocycles. The van der Waals surface area contributed by atoms with Crippen molar-refractivity contribution in [2.75, 3.05) is 11.4 Å². The lowest BCUT2D eigenvalue weighted by atomic mass is 9.86. The van der Waals surface area contributed by atoms with E-state index in [1.165, 1.54) is 61.8 Å². The molecule has 2 aliphatic rings. The first kappa shape index (κ1) is 22.0. The Labute approximate surface area is 190 Å². The summed E-state index contributed by atoms with van der Waals surface area (Å²) < 4.78 is 0. The van der Waals surface area contributed by atoms with Gasteiger partial charge in [0.25, 0.3) is 0 Å². The zero-order valence-corrected chi connectivity index (χ0v) is 18.8. The third kappa shape index (κ3) is 5.15. The molecule has 2 aromatic carbocycles. The SMILES string of the molecule is NC(N)=Nc1ccc(N(CC2CCCCC2)c2ccc(N=C(N)N)c3c2CCCC3)cc1. The molecule has 7 heteroatoms. The fraction of sp³-hybridized carbons (Fsp3) is 0.440. The zero-order chi connectivity index (χ0) is 22.5. The predicted octanol–water partition coefficient (Wildman–Crippen LogP) is 4.09. The summed E-state index contributed by atoms with van der Waals surface area (Å²) in [5.41, 5.74) is 29.3. The maximum absolute atomic E-state index is 5.71. The molecule has 4 rings (SSSR count). The highest BCUT2D eigenvalue weighted by atomic mass is 15.1. The van der Waals surface area contributed by atoms with E-state index in [2.05, 4.69) is 39.2 Å². The molecule has 1 fully saturated rings. The minimum atomic E-state index is 0.0706. The third-order valence-corrected chi connectivity index (χ3v) is 6.61. The van der Waals surface area contributed by atoms with E-state index in [9.17, 15) is 0 Å². The Morgan fingerprint density at radius 3 is 2.06 bits per heavy atom. The van der Waals surface area contributed by atoms with Crippen LogP contribution in [0.1, 0.15) is 56.1 Å². The molecule has 0 aromatic heterocycles. The van der Waals surface area contributed by atoms with Crippen molar-refractivity contribution in [2.24, 2.45) is 38.8 Å². The Bertz CT molecular complexity index is 980. The van der Waals surface area contributed by atoms with E-state index < -0.39 is 0 Å². The van der Waals surface area contributed by atoms with Gasteiger partial charge in [0.1, 0.15) is 0 Å². The van der Waals surface area contributed by atoms with Gasteiger partial charge in [-0.05, 0) is 92.0 Å². The van der Waals surface area contributed by atoms with E-state index in [0.29, 0.717) is 5.92 Å². The van der Waals surface area contributed by atoms with Crippen LogP contribution in [0.2, 0.25) is 0 Å². The fourth-order valence-electron chi connectivity index (χ4n) is 5.15. The van der Waals surface area contributed by atoms with Crippen LogP contribution in [0.4, 0.5) is 22.7 Å². The van der Waals surface area contributed by atoms with Crippen molar-refractivity contribution in [1.29, 1.82) is 0 Å². The minimum absolute atomic E-state index is 0.0706. The molecule has 0 spiro atoms.